The van der Waals surface area contributed by atoms with Crippen LogP contribution in [0.3, 0.4) is 0 Å². The highest BCUT2D eigenvalue weighted by molar-refractivity contribution is 5.88. The summed E-state index contributed by atoms with van der Waals surface area (Å²) in [5, 5.41) is 11.8. The van der Waals surface area contributed by atoms with Gasteiger partial charge in [0.2, 0.25) is 0 Å². The molecular weight excluding hydrogens is 221 g/mol. The number of anilines is 1. The molecule has 0 radical (unpaired) electrons. The van der Waals surface area contributed by atoms with Crippen molar-refractivity contribution in [2.24, 2.45) is 5.92 Å². The van der Waals surface area contributed by atoms with Gasteiger partial charge in [0.1, 0.15) is 5.82 Å². The first-order chi connectivity index (χ1) is 8.16. The SMILES string of the molecule is O=C(O)c1ccc(NCC2CCCC2)c(F)c1. The lowest BCUT2D eigenvalue weighted by Crippen LogP contribution is -2.12. The molecule has 1 fully saturated rings. The molecular formula is C13H16FNO2. The largest absolute Gasteiger partial charge is 0.478 e. The van der Waals surface area contributed by atoms with E-state index in [-0.39, 0.29) is 5.56 Å². The summed E-state index contributed by atoms with van der Waals surface area (Å²) in [7, 11) is 0. The summed E-state index contributed by atoms with van der Waals surface area (Å²) in [4.78, 5) is 10.6. The van der Waals surface area contributed by atoms with Gasteiger partial charge < -0.3 is 10.4 Å². The zero-order valence-electron chi connectivity index (χ0n) is 9.58. The molecule has 0 aliphatic heterocycles. The summed E-state index contributed by atoms with van der Waals surface area (Å²) in [6.07, 6.45) is 4.91. The van der Waals surface area contributed by atoms with Gasteiger partial charge in [-0.3, -0.25) is 0 Å². The molecule has 0 saturated heterocycles. The van der Waals surface area contributed by atoms with Crippen LogP contribution in [-0.2, 0) is 0 Å². The molecule has 1 aromatic rings. The van der Waals surface area contributed by atoms with Crippen LogP contribution in [0.25, 0.3) is 0 Å². The van der Waals surface area contributed by atoms with E-state index in [1.54, 1.807) is 0 Å². The second-order valence-electron chi connectivity index (χ2n) is 4.53. The summed E-state index contributed by atoms with van der Waals surface area (Å²) in [5.74, 6) is -0.984. The molecule has 92 valence electrons. The number of aromatic carboxylic acids is 1. The van der Waals surface area contributed by atoms with E-state index in [0.29, 0.717) is 11.6 Å². The summed E-state index contributed by atoms with van der Waals surface area (Å²) < 4.78 is 13.6. The van der Waals surface area contributed by atoms with Crippen molar-refractivity contribution in [2.45, 2.75) is 25.7 Å². The number of halogens is 1. The molecule has 4 heteroatoms. The van der Waals surface area contributed by atoms with Crippen molar-refractivity contribution in [3.8, 4) is 0 Å². The maximum absolute atomic E-state index is 13.6. The molecule has 1 aliphatic carbocycles. The molecule has 0 amide bonds. The van der Waals surface area contributed by atoms with E-state index in [2.05, 4.69) is 5.32 Å². The smallest absolute Gasteiger partial charge is 0.335 e. The minimum absolute atomic E-state index is 0.0195. The molecule has 0 atom stereocenters. The first-order valence-electron chi connectivity index (χ1n) is 5.93. The Kier molecular flexibility index (Phi) is 3.61. The van der Waals surface area contributed by atoms with E-state index in [0.717, 1.165) is 12.6 Å². The summed E-state index contributed by atoms with van der Waals surface area (Å²) >= 11 is 0. The van der Waals surface area contributed by atoms with E-state index in [1.807, 2.05) is 0 Å². The average molecular weight is 237 g/mol. The second-order valence-corrected chi connectivity index (χ2v) is 4.53. The van der Waals surface area contributed by atoms with Crippen molar-refractivity contribution < 1.29 is 14.3 Å². The molecule has 1 saturated carbocycles. The van der Waals surface area contributed by atoms with Crippen LogP contribution in [0.1, 0.15) is 36.0 Å². The fraction of sp³-hybridized carbons (Fsp3) is 0.462. The Morgan fingerprint density at radius 1 is 1.41 bits per heavy atom. The number of carbonyl (C=O) groups is 1. The number of nitrogens with one attached hydrogen (secondary N) is 1. The molecule has 17 heavy (non-hydrogen) atoms. The van der Waals surface area contributed by atoms with Gasteiger partial charge in [-0.2, -0.15) is 0 Å². The molecule has 0 bridgehead atoms. The number of carboxylic acid groups (broad SMARTS) is 1. The maximum Gasteiger partial charge on any atom is 0.335 e. The summed E-state index contributed by atoms with van der Waals surface area (Å²) in [6.45, 7) is 0.767. The molecule has 1 aromatic carbocycles. The van der Waals surface area contributed by atoms with Crippen molar-refractivity contribution in [3.05, 3.63) is 29.6 Å². The third-order valence-electron chi connectivity index (χ3n) is 3.27. The molecule has 3 nitrogen and oxygen atoms in total. The lowest BCUT2D eigenvalue weighted by Gasteiger charge is -2.12. The Bertz CT molecular complexity index is 414. The highest BCUT2D eigenvalue weighted by atomic mass is 19.1. The Morgan fingerprint density at radius 3 is 2.71 bits per heavy atom. The molecule has 0 unspecified atom stereocenters. The van der Waals surface area contributed by atoms with Crippen molar-refractivity contribution in [1.82, 2.24) is 0 Å². The van der Waals surface area contributed by atoms with Crippen LogP contribution >= 0.6 is 0 Å². The maximum atomic E-state index is 13.6. The van der Waals surface area contributed by atoms with Crippen molar-refractivity contribution in [3.63, 3.8) is 0 Å². The Labute approximate surface area is 99.7 Å². The van der Waals surface area contributed by atoms with E-state index in [9.17, 15) is 9.18 Å². The first-order valence-corrected chi connectivity index (χ1v) is 5.93. The topological polar surface area (TPSA) is 49.3 Å². The third-order valence-corrected chi connectivity index (χ3v) is 3.27. The van der Waals surface area contributed by atoms with Crippen LogP contribution in [-0.4, -0.2) is 17.6 Å². The predicted octanol–water partition coefficient (Wildman–Crippen LogP) is 3.13. The third kappa shape index (κ3) is 2.96. The fourth-order valence-electron chi connectivity index (χ4n) is 2.26. The molecule has 1 aliphatic rings. The van der Waals surface area contributed by atoms with Crippen LogP contribution < -0.4 is 5.32 Å². The van der Waals surface area contributed by atoms with Gasteiger partial charge in [-0.1, -0.05) is 12.8 Å². The van der Waals surface area contributed by atoms with Crippen molar-refractivity contribution in [1.29, 1.82) is 0 Å². The minimum atomic E-state index is -1.11. The monoisotopic (exact) mass is 237 g/mol. The second kappa shape index (κ2) is 5.17. The Morgan fingerprint density at radius 2 is 2.12 bits per heavy atom. The zero-order valence-corrected chi connectivity index (χ0v) is 9.58. The molecule has 2 rings (SSSR count). The lowest BCUT2D eigenvalue weighted by molar-refractivity contribution is 0.0696. The van der Waals surface area contributed by atoms with Crippen LogP contribution in [0.15, 0.2) is 18.2 Å². The first kappa shape index (κ1) is 11.9. The molecule has 0 heterocycles. The average Bonchev–Trinajstić information content (AvgIpc) is 2.80. The molecule has 2 N–H and O–H groups in total. The quantitative estimate of drug-likeness (QED) is 0.845. The summed E-state index contributed by atoms with van der Waals surface area (Å²) in [6, 6.07) is 3.97. The van der Waals surface area contributed by atoms with E-state index in [4.69, 9.17) is 5.11 Å². The van der Waals surface area contributed by atoms with Gasteiger partial charge in [0.05, 0.1) is 11.3 Å². The number of carboxylic acids is 1. The van der Waals surface area contributed by atoms with Gasteiger partial charge in [0.15, 0.2) is 0 Å². The standard InChI is InChI=1S/C13H16FNO2/c14-11-7-10(13(16)17)5-6-12(11)15-8-9-3-1-2-4-9/h5-7,9,15H,1-4,8H2,(H,16,17). The number of hydrogen-bond acceptors (Lipinski definition) is 2. The van der Waals surface area contributed by atoms with Crippen LogP contribution in [0, 0.1) is 11.7 Å². The fourth-order valence-corrected chi connectivity index (χ4v) is 2.26. The molecule has 0 spiro atoms. The number of benzene rings is 1. The normalized spacial score (nSPS) is 16.1. The number of rotatable bonds is 4. The molecule has 0 aromatic heterocycles. The van der Waals surface area contributed by atoms with E-state index < -0.39 is 11.8 Å². The van der Waals surface area contributed by atoms with E-state index in [1.165, 1.54) is 37.8 Å². The predicted molar refractivity (Wildman–Crippen MR) is 63.8 cm³/mol. The van der Waals surface area contributed by atoms with Crippen LogP contribution in [0.5, 0.6) is 0 Å². The lowest BCUT2D eigenvalue weighted by atomic mass is 10.1. The Hall–Kier alpha value is -1.58. The highest BCUT2D eigenvalue weighted by Crippen LogP contribution is 2.25. The van der Waals surface area contributed by atoms with Gasteiger partial charge in [0, 0.05) is 6.54 Å². The number of hydrogen-bond donors (Lipinski definition) is 2. The highest BCUT2D eigenvalue weighted by Gasteiger charge is 2.15. The van der Waals surface area contributed by atoms with Crippen molar-refractivity contribution in [2.75, 3.05) is 11.9 Å². The van der Waals surface area contributed by atoms with Crippen LogP contribution in [0.4, 0.5) is 10.1 Å². The van der Waals surface area contributed by atoms with Crippen molar-refractivity contribution >= 4 is 11.7 Å². The van der Waals surface area contributed by atoms with Gasteiger partial charge >= 0.3 is 5.97 Å². The zero-order chi connectivity index (χ0) is 12.3. The Balaban J connectivity index is 1.98. The van der Waals surface area contributed by atoms with Gasteiger partial charge in [-0.15, -0.1) is 0 Å². The summed E-state index contributed by atoms with van der Waals surface area (Å²) in [5.41, 5.74) is 0.371. The van der Waals surface area contributed by atoms with Gasteiger partial charge in [-0.05, 0) is 37.0 Å². The van der Waals surface area contributed by atoms with Gasteiger partial charge in [0.25, 0.3) is 0 Å². The minimum Gasteiger partial charge on any atom is -0.478 e. The van der Waals surface area contributed by atoms with Crippen LogP contribution in [0.2, 0.25) is 0 Å². The van der Waals surface area contributed by atoms with Gasteiger partial charge in [-0.25, -0.2) is 9.18 Å². The van der Waals surface area contributed by atoms with E-state index >= 15 is 0 Å².